The lowest BCUT2D eigenvalue weighted by Crippen LogP contribution is -2.53. The molecule has 1 atom stereocenters. The molecule has 128 valence electrons. The number of rotatable bonds is 7. The van der Waals surface area contributed by atoms with Crippen molar-refractivity contribution < 1.29 is 14.3 Å². The quantitative estimate of drug-likeness (QED) is 0.717. The molecule has 2 amide bonds. The summed E-state index contributed by atoms with van der Waals surface area (Å²) in [5.74, 6) is 0.101. The number of aliphatic hydroxyl groups excluding tert-OH is 1. The lowest BCUT2D eigenvalue weighted by molar-refractivity contribution is 0.155. The number of nitrogens with one attached hydrogen (secondary N) is 2. The van der Waals surface area contributed by atoms with Crippen LogP contribution in [0.2, 0.25) is 0 Å². The van der Waals surface area contributed by atoms with Crippen LogP contribution in [0.4, 0.5) is 9.18 Å². The van der Waals surface area contributed by atoms with Crippen LogP contribution in [0.25, 0.3) is 0 Å². The van der Waals surface area contributed by atoms with Crippen molar-refractivity contribution in [2.45, 2.75) is 38.4 Å². The van der Waals surface area contributed by atoms with Crippen LogP contribution < -0.4 is 10.6 Å². The largest absolute Gasteiger partial charge is 0.394 e. The summed E-state index contributed by atoms with van der Waals surface area (Å²) in [5, 5.41) is 15.1. The van der Waals surface area contributed by atoms with Crippen molar-refractivity contribution in [2.75, 3.05) is 20.7 Å². The minimum Gasteiger partial charge on any atom is -0.394 e. The first-order valence-corrected chi connectivity index (χ1v) is 7.93. The summed E-state index contributed by atoms with van der Waals surface area (Å²) >= 11 is 0. The Hall–Kier alpha value is -1.66. The van der Waals surface area contributed by atoms with Crippen LogP contribution in [0.5, 0.6) is 0 Å². The highest BCUT2D eigenvalue weighted by Gasteiger charge is 2.42. The Bertz CT molecular complexity index is 561. The molecule has 2 rings (SSSR count). The first kappa shape index (κ1) is 17.7. The predicted octanol–water partition coefficient (Wildman–Crippen LogP) is 1.85. The summed E-state index contributed by atoms with van der Waals surface area (Å²) in [6.45, 7) is 2.61. The summed E-state index contributed by atoms with van der Waals surface area (Å²) < 4.78 is 13.7. The highest BCUT2D eigenvalue weighted by molar-refractivity contribution is 5.74. The van der Waals surface area contributed by atoms with Crippen LogP contribution in [-0.2, 0) is 13.1 Å². The molecule has 1 fully saturated rings. The third-order valence-corrected chi connectivity index (χ3v) is 4.26. The average molecular weight is 323 g/mol. The summed E-state index contributed by atoms with van der Waals surface area (Å²) in [6.07, 6.45) is 2.06. The number of halogens is 1. The first-order valence-electron chi connectivity index (χ1n) is 7.93. The van der Waals surface area contributed by atoms with E-state index in [-0.39, 0.29) is 18.5 Å². The molecule has 1 unspecified atom stereocenters. The van der Waals surface area contributed by atoms with Crippen LogP contribution >= 0.6 is 0 Å². The number of nitrogens with zero attached hydrogens (tertiary/aromatic N) is 1. The van der Waals surface area contributed by atoms with Gasteiger partial charge in [0, 0.05) is 18.7 Å². The van der Waals surface area contributed by atoms with E-state index >= 15 is 0 Å². The Morgan fingerprint density at radius 1 is 1.43 bits per heavy atom. The van der Waals surface area contributed by atoms with Gasteiger partial charge in [0.05, 0.1) is 12.1 Å². The maximum absolute atomic E-state index is 13.7. The minimum atomic E-state index is -0.567. The Labute approximate surface area is 136 Å². The van der Waals surface area contributed by atoms with E-state index in [0.29, 0.717) is 24.6 Å². The van der Waals surface area contributed by atoms with Crippen LogP contribution in [0.15, 0.2) is 18.2 Å². The van der Waals surface area contributed by atoms with Crippen molar-refractivity contribution in [3.63, 3.8) is 0 Å². The first-order chi connectivity index (χ1) is 10.8. The maximum atomic E-state index is 13.7. The Morgan fingerprint density at radius 3 is 2.70 bits per heavy atom. The van der Waals surface area contributed by atoms with E-state index < -0.39 is 5.54 Å². The number of benzene rings is 1. The van der Waals surface area contributed by atoms with E-state index in [1.807, 2.05) is 25.9 Å². The molecule has 1 aliphatic rings. The Balaban J connectivity index is 1.91. The Morgan fingerprint density at radius 2 is 2.13 bits per heavy atom. The van der Waals surface area contributed by atoms with E-state index in [0.717, 1.165) is 18.4 Å². The van der Waals surface area contributed by atoms with E-state index in [1.165, 1.54) is 6.07 Å². The van der Waals surface area contributed by atoms with Crippen LogP contribution in [0.1, 0.15) is 30.9 Å². The number of carbonyl (C=O) groups is 1. The second-order valence-electron chi connectivity index (χ2n) is 6.82. The molecular formula is C17H26FN3O2. The molecule has 5 nitrogen and oxygen atoms in total. The second kappa shape index (κ2) is 7.27. The van der Waals surface area contributed by atoms with Gasteiger partial charge in [0.15, 0.2) is 0 Å². The molecule has 0 saturated heterocycles. The van der Waals surface area contributed by atoms with Crippen LogP contribution in [0, 0.1) is 11.7 Å². The summed E-state index contributed by atoms with van der Waals surface area (Å²) in [5.41, 5.74) is 0.881. The second-order valence-corrected chi connectivity index (χ2v) is 6.82. The molecular weight excluding hydrogens is 297 g/mol. The molecule has 0 aliphatic heterocycles. The van der Waals surface area contributed by atoms with Crippen LogP contribution in [-0.4, -0.2) is 42.3 Å². The lowest BCUT2D eigenvalue weighted by Gasteiger charge is -2.28. The number of aliphatic hydroxyl groups is 1. The monoisotopic (exact) mass is 323 g/mol. The molecule has 1 aromatic rings. The molecule has 0 aromatic heterocycles. The van der Waals surface area contributed by atoms with E-state index in [1.54, 1.807) is 12.1 Å². The van der Waals surface area contributed by atoms with Gasteiger partial charge < -0.3 is 20.6 Å². The van der Waals surface area contributed by atoms with Crippen LogP contribution in [0.3, 0.4) is 0 Å². The topological polar surface area (TPSA) is 64.6 Å². The van der Waals surface area contributed by atoms with Crippen molar-refractivity contribution >= 4 is 6.03 Å². The van der Waals surface area contributed by atoms with Gasteiger partial charge in [0.2, 0.25) is 0 Å². The molecule has 1 aliphatic carbocycles. The van der Waals surface area contributed by atoms with Crippen molar-refractivity contribution in [1.82, 2.24) is 15.5 Å². The summed E-state index contributed by atoms with van der Waals surface area (Å²) in [4.78, 5) is 13.9. The number of hydrogen-bond acceptors (Lipinski definition) is 3. The summed E-state index contributed by atoms with van der Waals surface area (Å²) in [7, 11) is 3.76. The van der Waals surface area contributed by atoms with Gasteiger partial charge in [-0.15, -0.1) is 0 Å². The third kappa shape index (κ3) is 4.91. The number of carbonyl (C=O) groups excluding carboxylic acids is 1. The van der Waals surface area contributed by atoms with Gasteiger partial charge in [0.1, 0.15) is 5.82 Å². The molecule has 0 spiro atoms. The van der Waals surface area contributed by atoms with Gasteiger partial charge in [-0.3, -0.25) is 0 Å². The highest BCUT2D eigenvalue weighted by atomic mass is 19.1. The smallest absolute Gasteiger partial charge is 0.315 e. The number of urea groups is 1. The molecule has 0 bridgehead atoms. The zero-order valence-corrected chi connectivity index (χ0v) is 14.0. The normalized spacial score (nSPS) is 17.0. The molecule has 0 radical (unpaired) electrons. The van der Waals surface area contributed by atoms with E-state index in [4.69, 9.17) is 0 Å². The lowest BCUT2D eigenvalue weighted by atomic mass is 9.97. The molecule has 0 heterocycles. The van der Waals surface area contributed by atoms with Gasteiger partial charge in [-0.2, -0.15) is 0 Å². The molecule has 1 saturated carbocycles. The zero-order valence-electron chi connectivity index (χ0n) is 14.0. The molecule has 3 N–H and O–H groups in total. The Kier molecular flexibility index (Phi) is 5.59. The van der Waals surface area contributed by atoms with Gasteiger partial charge in [-0.1, -0.05) is 6.07 Å². The fourth-order valence-corrected chi connectivity index (χ4v) is 2.68. The van der Waals surface area contributed by atoms with Gasteiger partial charge in [-0.05, 0) is 57.5 Å². The van der Waals surface area contributed by atoms with Crippen molar-refractivity contribution in [2.24, 2.45) is 5.92 Å². The van der Waals surface area contributed by atoms with E-state index in [2.05, 4.69) is 10.6 Å². The summed E-state index contributed by atoms with van der Waals surface area (Å²) in [6, 6.07) is 4.55. The van der Waals surface area contributed by atoms with Crippen molar-refractivity contribution in [3.8, 4) is 0 Å². The SMILES string of the molecule is CN(C)Cc1cc(CNC(=O)NC(C)(CO)C2CC2)ccc1F. The third-order valence-electron chi connectivity index (χ3n) is 4.26. The maximum Gasteiger partial charge on any atom is 0.315 e. The highest BCUT2D eigenvalue weighted by Crippen LogP contribution is 2.39. The fourth-order valence-electron chi connectivity index (χ4n) is 2.68. The molecule has 6 heteroatoms. The van der Waals surface area contributed by atoms with E-state index in [9.17, 15) is 14.3 Å². The predicted molar refractivity (Wildman–Crippen MR) is 87.4 cm³/mol. The van der Waals surface area contributed by atoms with Gasteiger partial charge in [0.25, 0.3) is 0 Å². The zero-order chi connectivity index (χ0) is 17.0. The fraction of sp³-hybridized carbons (Fsp3) is 0.588. The number of amides is 2. The van der Waals surface area contributed by atoms with Crippen molar-refractivity contribution in [3.05, 3.63) is 35.1 Å². The average Bonchev–Trinajstić information content (AvgIpc) is 3.32. The van der Waals surface area contributed by atoms with Crippen molar-refractivity contribution in [1.29, 1.82) is 0 Å². The standard InChI is InChI=1S/C17H26FN3O2/c1-17(11-22,14-5-6-14)20-16(23)19-9-12-4-7-15(18)13(8-12)10-21(2)3/h4,7-8,14,22H,5-6,9-11H2,1-3H3,(H2,19,20,23). The molecule has 1 aromatic carbocycles. The molecule has 23 heavy (non-hydrogen) atoms. The van der Waals surface area contributed by atoms with Gasteiger partial charge in [-0.25, -0.2) is 9.18 Å². The minimum absolute atomic E-state index is 0.0748. The van der Waals surface area contributed by atoms with Gasteiger partial charge >= 0.3 is 6.03 Å². The number of hydrogen-bond donors (Lipinski definition) is 3.